The van der Waals surface area contributed by atoms with Gasteiger partial charge in [-0.1, -0.05) is 18.5 Å². The van der Waals surface area contributed by atoms with Crippen LogP contribution in [0.5, 0.6) is 0 Å². The van der Waals surface area contributed by atoms with Gasteiger partial charge in [0.15, 0.2) is 0 Å². The summed E-state index contributed by atoms with van der Waals surface area (Å²) in [6, 6.07) is 8.05. The van der Waals surface area contributed by atoms with Gasteiger partial charge < -0.3 is 9.73 Å². The summed E-state index contributed by atoms with van der Waals surface area (Å²) in [6.45, 7) is 4.90. The van der Waals surface area contributed by atoms with Crippen molar-refractivity contribution in [2.75, 3.05) is 6.54 Å². The fraction of sp³-hybridized carbons (Fsp3) is 0.286. The van der Waals surface area contributed by atoms with Gasteiger partial charge in [-0.2, -0.15) is 0 Å². The molecule has 1 atom stereocenters. The Labute approximate surface area is 111 Å². The van der Waals surface area contributed by atoms with Gasteiger partial charge in [0.2, 0.25) is 0 Å². The molecule has 2 rings (SSSR count). The number of benzene rings is 1. The summed E-state index contributed by atoms with van der Waals surface area (Å²) in [5.74, 6) is 1.07. The Morgan fingerprint density at radius 3 is 2.83 bits per heavy atom. The number of nitrogens with one attached hydrogen (secondary N) is 1. The van der Waals surface area contributed by atoms with E-state index in [0.29, 0.717) is 16.3 Å². The van der Waals surface area contributed by atoms with E-state index in [1.165, 1.54) is 18.2 Å². The van der Waals surface area contributed by atoms with E-state index in [1.54, 1.807) is 0 Å². The molecule has 1 aromatic heterocycles. The maximum atomic E-state index is 13.2. The first-order valence-electron chi connectivity index (χ1n) is 5.90. The van der Waals surface area contributed by atoms with Crippen LogP contribution in [0, 0.1) is 5.82 Å². The maximum absolute atomic E-state index is 13.2. The topological polar surface area (TPSA) is 25.2 Å². The lowest BCUT2D eigenvalue weighted by molar-refractivity contribution is 0.445. The molecule has 2 nitrogen and oxygen atoms in total. The largest absolute Gasteiger partial charge is 0.459 e. The van der Waals surface area contributed by atoms with Crippen molar-refractivity contribution in [1.82, 2.24) is 5.32 Å². The summed E-state index contributed by atoms with van der Waals surface area (Å²) < 4.78 is 18.9. The van der Waals surface area contributed by atoms with Crippen LogP contribution in [0.1, 0.15) is 25.6 Å². The molecule has 0 aliphatic carbocycles. The van der Waals surface area contributed by atoms with E-state index in [2.05, 4.69) is 5.32 Å². The number of rotatable bonds is 4. The molecule has 0 radical (unpaired) electrons. The van der Waals surface area contributed by atoms with Crippen LogP contribution in [0.3, 0.4) is 0 Å². The molecule has 0 saturated carbocycles. The Morgan fingerprint density at radius 2 is 2.11 bits per heavy atom. The van der Waals surface area contributed by atoms with Gasteiger partial charge in [-0.3, -0.25) is 0 Å². The van der Waals surface area contributed by atoms with Crippen LogP contribution < -0.4 is 5.32 Å². The number of hydrogen-bond donors (Lipinski definition) is 1. The highest BCUT2D eigenvalue weighted by Crippen LogP contribution is 2.31. The molecule has 0 fully saturated rings. The molecule has 2 aromatic rings. The average Bonchev–Trinajstić information content (AvgIpc) is 2.82. The Bertz CT molecular complexity index is 538. The molecular weight excluding hydrogens is 253 g/mol. The van der Waals surface area contributed by atoms with Gasteiger partial charge in [-0.15, -0.1) is 0 Å². The van der Waals surface area contributed by atoms with Crippen LogP contribution in [0.2, 0.25) is 5.02 Å². The molecule has 4 heteroatoms. The normalized spacial score (nSPS) is 12.7. The molecule has 0 saturated heterocycles. The van der Waals surface area contributed by atoms with Crippen LogP contribution in [-0.4, -0.2) is 6.54 Å². The van der Waals surface area contributed by atoms with Gasteiger partial charge in [0.25, 0.3) is 0 Å². The van der Waals surface area contributed by atoms with Gasteiger partial charge in [0, 0.05) is 5.56 Å². The van der Waals surface area contributed by atoms with Crippen LogP contribution in [0.4, 0.5) is 4.39 Å². The molecule has 0 amide bonds. The Morgan fingerprint density at radius 1 is 1.33 bits per heavy atom. The van der Waals surface area contributed by atoms with Crippen LogP contribution in [0.25, 0.3) is 11.3 Å². The lowest BCUT2D eigenvalue weighted by atomic mass is 10.1. The third-order valence-corrected chi connectivity index (χ3v) is 3.09. The average molecular weight is 268 g/mol. The van der Waals surface area contributed by atoms with Crippen molar-refractivity contribution < 1.29 is 8.81 Å². The van der Waals surface area contributed by atoms with Gasteiger partial charge in [0.05, 0.1) is 11.1 Å². The summed E-state index contributed by atoms with van der Waals surface area (Å²) in [7, 11) is 0. The number of halogens is 2. The van der Waals surface area contributed by atoms with Crippen LogP contribution in [0.15, 0.2) is 34.7 Å². The standard InChI is InChI=1S/C14H15ClFNO/c1-3-17-9(2)13-6-7-14(18-13)11-8-10(16)4-5-12(11)15/h4-9,17H,3H2,1-2H3. The van der Waals surface area contributed by atoms with Crippen molar-refractivity contribution in [3.8, 4) is 11.3 Å². The zero-order valence-corrected chi connectivity index (χ0v) is 11.1. The first-order valence-corrected chi connectivity index (χ1v) is 6.28. The molecule has 1 aromatic carbocycles. The van der Waals surface area contributed by atoms with E-state index in [0.717, 1.165) is 12.3 Å². The van der Waals surface area contributed by atoms with Gasteiger partial charge in [0.1, 0.15) is 17.3 Å². The van der Waals surface area contributed by atoms with Gasteiger partial charge >= 0.3 is 0 Å². The molecule has 96 valence electrons. The molecule has 18 heavy (non-hydrogen) atoms. The SMILES string of the molecule is CCNC(C)c1ccc(-c2cc(F)ccc2Cl)o1. The lowest BCUT2D eigenvalue weighted by Crippen LogP contribution is -2.16. The van der Waals surface area contributed by atoms with Crippen molar-refractivity contribution in [3.05, 3.63) is 46.9 Å². The third-order valence-electron chi connectivity index (χ3n) is 2.76. The summed E-state index contributed by atoms with van der Waals surface area (Å²) in [5, 5.41) is 3.73. The molecule has 1 unspecified atom stereocenters. The maximum Gasteiger partial charge on any atom is 0.135 e. The van der Waals surface area contributed by atoms with E-state index in [1.807, 2.05) is 26.0 Å². The van der Waals surface area contributed by atoms with E-state index in [4.69, 9.17) is 16.0 Å². The lowest BCUT2D eigenvalue weighted by Gasteiger charge is -2.08. The minimum absolute atomic E-state index is 0.121. The van der Waals surface area contributed by atoms with E-state index in [9.17, 15) is 4.39 Å². The summed E-state index contributed by atoms with van der Waals surface area (Å²) in [4.78, 5) is 0. The first-order chi connectivity index (χ1) is 8.61. The van der Waals surface area contributed by atoms with Crippen molar-refractivity contribution >= 4 is 11.6 Å². The van der Waals surface area contributed by atoms with Crippen molar-refractivity contribution in [1.29, 1.82) is 0 Å². The molecule has 0 spiro atoms. The zero-order valence-electron chi connectivity index (χ0n) is 10.3. The summed E-state index contributed by atoms with van der Waals surface area (Å²) in [6.07, 6.45) is 0. The van der Waals surface area contributed by atoms with Crippen molar-refractivity contribution in [3.63, 3.8) is 0 Å². The fourth-order valence-electron chi connectivity index (χ4n) is 1.82. The second-order valence-electron chi connectivity index (χ2n) is 4.11. The molecule has 0 bridgehead atoms. The highest BCUT2D eigenvalue weighted by atomic mass is 35.5. The monoisotopic (exact) mass is 267 g/mol. The highest BCUT2D eigenvalue weighted by Gasteiger charge is 2.13. The number of hydrogen-bond acceptors (Lipinski definition) is 2. The quantitative estimate of drug-likeness (QED) is 0.888. The Hall–Kier alpha value is -1.32. The Kier molecular flexibility index (Phi) is 4.04. The second kappa shape index (κ2) is 5.55. The highest BCUT2D eigenvalue weighted by molar-refractivity contribution is 6.33. The smallest absolute Gasteiger partial charge is 0.135 e. The predicted molar refractivity (Wildman–Crippen MR) is 71.2 cm³/mol. The van der Waals surface area contributed by atoms with E-state index < -0.39 is 0 Å². The minimum Gasteiger partial charge on any atom is -0.459 e. The van der Waals surface area contributed by atoms with Gasteiger partial charge in [-0.05, 0) is 43.8 Å². The molecule has 0 aliphatic heterocycles. The van der Waals surface area contributed by atoms with E-state index >= 15 is 0 Å². The first kappa shape index (κ1) is 13.1. The van der Waals surface area contributed by atoms with Gasteiger partial charge in [-0.25, -0.2) is 4.39 Å². The van der Waals surface area contributed by atoms with Crippen molar-refractivity contribution in [2.24, 2.45) is 0 Å². The number of furan rings is 1. The van der Waals surface area contributed by atoms with Crippen LogP contribution in [-0.2, 0) is 0 Å². The predicted octanol–water partition coefficient (Wildman–Crippen LogP) is 4.41. The third kappa shape index (κ3) is 2.74. The van der Waals surface area contributed by atoms with E-state index in [-0.39, 0.29) is 11.9 Å². The Balaban J connectivity index is 2.32. The molecule has 1 N–H and O–H groups in total. The minimum atomic E-state index is -0.327. The molecule has 1 heterocycles. The second-order valence-corrected chi connectivity index (χ2v) is 4.51. The molecule has 0 aliphatic rings. The summed E-state index contributed by atoms with van der Waals surface area (Å²) in [5.41, 5.74) is 0.576. The molecular formula is C14H15ClFNO. The fourth-order valence-corrected chi connectivity index (χ4v) is 2.03. The van der Waals surface area contributed by atoms with Crippen LogP contribution >= 0.6 is 11.6 Å². The summed E-state index contributed by atoms with van der Waals surface area (Å²) >= 11 is 6.04. The zero-order chi connectivity index (χ0) is 13.1. The van der Waals surface area contributed by atoms with Crippen molar-refractivity contribution in [2.45, 2.75) is 19.9 Å².